The molecule has 0 bridgehead atoms. The van der Waals surface area contributed by atoms with Crippen LogP contribution in [0.3, 0.4) is 0 Å². The fourth-order valence-electron chi connectivity index (χ4n) is 5.12. The van der Waals surface area contributed by atoms with Gasteiger partial charge in [-0.3, -0.25) is 9.69 Å². The summed E-state index contributed by atoms with van der Waals surface area (Å²) < 4.78 is 26.7. The molecular weight excluding hydrogens is 459 g/mol. The van der Waals surface area contributed by atoms with Gasteiger partial charge >= 0.3 is 0 Å². The second-order valence-electron chi connectivity index (χ2n) is 9.34. The molecule has 0 aliphatic carbocycles. The van der Waals surface area contributed by atoms with Gasteiger partial charge in [-0.05, 0) is 74.2 Å². The fourth-order valence-corrected chi connectivity index (χ4v) is 5.12. The first kappa shape index (κ1) is 23.9. The number of nitrogens with one attached hydrogen (secondary N) is 1. The number of likely N-dealkylation sites (tertiary alicyclic amines) is 1. The number of fused-ring (bicyclic) bond motifs is 1. The number of aromatic nitrogens is 1. The van der Waals surface area contributed by atoms with E-state index in [1.807, 2.05) is 36.6 Å². The maximum Gasteiger partial charge on any atom is 0.239 e. The molecule has 3 heterocycles. The molecule has 2 aliphatic rings. The Morgan fingerprint density at radius 3 is 2.64 bits per heavy atom. The van der Waals surface area contributed by atoms with Gasteiger partial charge < -0.3 is 19.4 Å². The normalized spacial score (nSPS) is 17.1. The first-order chi connectivity index (χ1) is 17.4. The summed E-state index contributed by atoms with van der Waals surface area (Å²) in [4.78, 5) is 15.4. The molecule has 1 aromatic heterocycles. The molecular formula is C28H29FN4O3. The second-order valence-corrected chi connectivity index (χ2v) is 9.34. The summed E-state index contributed by atoms with van der Waals surface area (Å²) in [5.41, 5.74) is 4.15. The van der Waals surface area contributed by atoms with Crippen LogP contribution in [0, 0.1) is 31.0 Å². The number of rotatable bonds is 6. The van der Waals surface area contributed by atoms with Crippen LogP contribution in [-0.4, -0.2) is 41.7 Å². The van der Waals surface area contributed by atoms with Crippen molar-refractivity contribution < 1.29 is 18.7 Å². The number of ether oxygens (including phenoxy) is 2. The maximum atomic E-state index is 13.4. The highest BCUT2D eigenvalue weighted by atomic mass is 19.1. The lowest BCUT2D eigenvalue weighted by molar-refractivity contribution is -0.117. The molecule has 2 aromatic carbocycles. The zero-order valence-corrected chi connectivity index (χ0v) is 20.5. The highest BCUT2D eigenvalue weighted by Gasteiger charge is 2.29. The number of hydrogen-bond donors (Lipinski definition) is 1. The lowest BCUT2D eigenvalue weighted by Gasteiger charge is -2.26. The number of halogens is 1. The van der Waals surface area contributed by atoms with Crippen molar-refractivity contribution in [2.24, 2.45) is 0 Å². The van der Waals surface area contributed by atoms with Gasteiger partial charge in [0, 0.05) is 18.3 Å². The van der Waals surface area contributed by atoms with Gasteiger partial charge in [-0.15, -0.1) is 0 Å². The van der Waals surface area contributed by atoms with Gasteiger partial charge in [-0.1, -0.05) is 18.2 Å². The van der Waals surface area contributed by atoms with Crippen molar-refractivity contribution in [3.8, 4) is 17.6 Å². The Morgan fingerprint density at radius 2 is 1.89 bits per heavy atom. The number of carbonyl (C=O) groups is 1. The summed E-state index contributed by atoms with van der Waals surface area (Å²) in [6, 6.07) is 14.6. The second kappa shape index (κ2) is 10.0. The molecule has 0 saturated carbocycles. The number of anilines is 1. The first-order valence-electron chi connectivity index (χ1n) is 12.2. The Labute approximate surface area is 210 Å². The molecule has 1 unspecified atom stereocenters. The molecule has 2 aliphatic heterocycles. The standard InChI is InChI=1S/C28H29FN4O3/c1-18-19(2)33(16-20-5-8-22(29)9-6-20)28(23(18)15-30)31-27(34)17-32-11-3-4-24(32)21-7-10-25-26(14-21)36-13-12-35-25/h5-10,14,24H,3-4,11-13,16-17H2,1-2H3,(H,31,34). The van der Waals surface area contributed by atoms with E-state index >= 15 is 0 Å². The number of carbonyl (C=O) groups excluding carboxylic acids is 1. The Morgan fingerprint density at radius 1 is 1.14 bits per heavy atom. The third-order valence-electron chi connectivity index (χ3n) is 7.11. The number of hydrogen-bond acceptors (Lipinski definition) is 5. The van der Waals surface area contributed by atoms with Gasteiger partial charge in [-0.25, -0.2) is 4.39 Å². The molecule has 0 radical (unpaired) electrons. The van der Waals surface area contributed by atoms with E-state index in [1.54, 1.807) is 12.1 Å². The summed E-state index contributed by atoms with van der Waals surface area (Å²) in [7, 11) is 0. The molecule has 1 fully saturated rings. The molecule has 1 N–H and O–H groups in total. The predicted octanol–water partition coefficient (Wildman–Crippen LogP) is 4.71. The third-order valence-corrected chi connectivity index (χ3v) is 7.11. The molecule has 186 valence electrons. The third kappa shape index (κ3) is 4.67. The SMILES string of the molecule is Cc1c(C#N)c(NC(=O)CN2CCCC2c2ccc3c(c2)OCCO3)n(Cc2ccc(F)cc2)c1C. The van der Waals surface area contributed by atoms with Crippen LogP contribution in [0.2, 0.25) is 0 Å². The maximum absolute atomic E-state index is 13.4. The van der Waals surface area contributed by atoms with E-state index in [0.29, 0.717) is 31.1 Å². The van der Waals surface area contributed by atoms with Crippen LogP contribution in [0.25, 0.3) is 0 Å². The smallest absolute Gasteiger partial charge is 0.239 e. The van der Waals surface area contributed by atoms with Gasteiger partial charge in [0.1, 0.15) is 30.9 Å². The Kier molecular flexibility index (Phi) is 6.66. The lowest BCUT2D eigenvalue weighted by Crippen LogP contribution is -2.33. The van der Waals surface area contributed by atoms with E-state index in [2.05, 4.69) is 16.3 Å². The van der Waals surface area contributed by atoms with Crippen molar-refractivity contribution in [2.45, 2.75) is 39.3 Å². The Bertz CT molecular complexity index is 1330. The Hall–Kier alpha value is -3.83. The van der Waals surface area contributed by atoms with Crippen molar-refractivity contribution in [1.29, 1.82) is 5.26 Å². The van der Waals surface area contributed by atoms with Crippen LogP contribution in [0.15, 0.2) is 42.5 Å². The number of amides is 1. The van der Waals surface area contributed by atoms with Crippen molar-refractivity contribution in [3.63, 3.8) is 0 Å². The van der Waals surface area contributed by atoms with Crippen LogP contribution in [0.5, 0.6) is 11.5 Å². The van der Waals surface area contributed by atoms with Crippen molar-refractivity contribution in [3.05, 3.63) is 76.2 Å². The molecule has 36 heavy (non-hydrogen) atoms. The number of nitrogens with zero attached hydrogens (tertiary/aromatic N) is 3. The molecule has 0 spiro atoms. The van der Waals surface area contributed by atoms with E-state index < -0.39 is 0 Å². The fraction of sp³-hybridized carbons (Fsp3) is 0.357. The molecule has 1 amide bonds. The largest absolute Gasteiger partial charge is 0.486 e. The zero-order chi connectivity index (χ0) is 25.2. The van der Waals surface area contributed by atoms with Gasteiger partial charge in [0.25, 0.3) is 0 Å². The summed E-state index contributed by atoms with van der Waals surface area (Å²) in [6.45, 7) is 6.33. The van der Waals surface area contributed by atoms with E-state index in [1.165, 1.54) is 12.1 Å². The molecule has 8 heteroatoms. The van der Waals surface area contributed by atoms with E-state index in [-0.39, 0.29) is 24.3 Å². The number of nitriles is 1. The first-order valence-corrected chi connectivity index (χ1v) is 12.2. The highest BCUT2D eigenvalue weighted by molar-refractivity contribution is 5.93. The summed E-state index contributed by atoms with van der Waals surface area (Å²) in [5.74, 6) is 1.51. The summed E-state index contributed by atoms with van der Waals surface area (Å²) in [6.07, 6.45) is 1.95. The van der Waals surface area contributed by atoms with Gasteiger partial charge in [0.05, 0.1) is 12.1 Å². The topological polar surface area (TPSA) is 79.5 Å². The van der Waals surface area contributed by atoms with Crippen molar-refractivity contribution in [2.75, 3.05) is 31.6 Å². The minimum atomic E-state index is -0.302. The van der Waals surface area contributed by atoms with Crippen LogP contribution in [-0.2, 0) is 11.3 Å². The molecule has 1 saturated heterocycles. The Balaban J connectivity index is 1.34. The molecule has 7 nitrogen and oxygen atoms in total. The number of benzene rings is 2. The minimum absolute atomic E-state index is 0.108. The average Bonchev–Trinajstić information content (AvgIpc) is 3.43. The van der Waals surface area contributed by atoms with Crippen molar-refractivity contribution >= 4 is 11.7 Å². The summed E-state index contributed by atoms with van der Waals surface area (Å²) in [5, 5.41) is 12.8. The van der Waals surface area contributed by atoms with E-state index in [9.17, 15) is 14.4 Å². The average molecular weight is 489 g/mol. The van der Waals surface area contributed by atoms with Gasteiger partial charge in [-0.2, -0.15) is 5.26 Å². The van der Waals surface area contributed by atoms with Crippen LogP contribution in [0.4, 0.5) is 10.2 Å². The predicted molar refractivity (Wildman–Crippen MR) is 134 cm³/mol. The highest BCUT2D eigenvalue weighted by Crippen LogP contribution is 2.38. The molecule has 5 rings (SSSR count). The van der Waals surface area contributed by atoms with Crippen LogP contribution < -0.4 is 14.8 Å². The lowest BCUT2D eigenvalue weighted by atomic mass is 10.0. The van der Waals surface area contributed by atoms with Gasteiger partial charge in [0.2, 0.25) is 5.91 Å². The quantitative estimate of drug-likeness (QED) is 0.544. The molecule has 1 atom stereocenters. The molecule has 3 aromatic rings. The van der Waals surface area contributed by atoms with E-state index in [4.69, 9.17) is 9.47 Å². The minimum Gasteiger partial charge on any atom is -0.486 e. The van der Waals surface area contributed by atoms with E-state index in [0.717, 1.165) is 53.3 Å². The van der Waals surface area contributed by atoms with Gasteiger partial charge in [0.15, 0.2) is 11.5 Å². The monoisotopic (exact) mass is 488 g/mol. The summed E-state index contributed by atoms with van der Waals surface area (Å²) >= 11 is 0. The van der Waals surface area contributed by atoms with Crippen molar-refractivity contribution in [1.82, 2.24) is 9.47 Å². The zero-order valence-electron chi connectivity index (χ0n) is 20.5. The van der Waals surface area contributed by atoms with Crippen LogP contribution >= 0.6 is 0 Å². The van der Waals surface area contributed by atoms with Crippen LogP contribution in [0.1, 0.15) is 46.8 Å².